The highest BCUT2D eigenvalue weighted by Crippen LogP contribution is 2.18. The summed E-state index contributed by atoms with van der Waals surface area (Å²) in [5, 5.41) is 3.44. The molecule has 0 spiro atoms. The topological polar surface area (TPSA) is 30.5 Å². The molecule has 0 saturated carbocycles. The molecular formula is C17H27NO2. The number of hydrogen-bond donors (Lipinski definition) is 1. The lowest BCUT2D eigenvalue weighted by molar-refractivity contribution is 0.00742. The van der Waals surface area contributed by atoms with Gasteiger partial charge in [-0.1, -0.05) is 19.1 Å². The fourth-order valence-corrected chi connectivity index (χ4v) is 2.56. The number of nitrogens with one attached hydrogen (secondary N) is 1. The molecule has 1 fully saturated rings. The Bertz CT molecular complexity index is 371. The monoisotopic (exact) mass is 277 g/mol. The Morgan fingerprint density at radius 2 is 2.15 bits per heavy atom. The van der Waals surface area contributed by atoms with Crippen LogP contribution in [0.3, 0.4) is 0 Å². The Morgan fingerprint density at radius 3 is 2.80 bits per heavy atom. The minimum Gasteiger partial charge on any atom is -0.488 e. The first kappa shape index (κ1) is 15.3. The van der Waals surface area contributed by atoms with Crippen LogP contribution in [0.2, 0.25) is 0 Å². The summed E-state index contributed by atoms with van der Waals surface area (Å²) in [4.78, 5) is 0. The molecule has 2 atom stereocenters. The molecule has 1 heterocycles. The lowest BCUT2D eigenvalue weighted by Crippen LogP contribution is -2.28. The first-order valence-corrected chi connectivity index (χ1v) is 7.84. The summed E-state index contributed by atoms with van der Waals surface area (Å²) in [6.07, 6.45) is 4.71. The van der Waals surface area contributed by atoms with Crippen molar-refractivity contribution in [1.29, 1.82) is 0 Å². The highest BCUT2D eigenvalue weighted by molar-refractivity contribution is 5.27. The smallest absolute Gasteiger partial charge is 0.122 e. The zero-order valence-corrected chi connectivity index (χ0v) is 12.7. The van der Waals surface area contributed by atoms with Gasteiger partial charge < -0.3 is 14.8 Å². The van der Waals surface area contributed by atoms with E-state index in [2.05, 4.69) is 43.4 Å². The molecule has 0 bridgehead atoms. The van der Waals surface area contributed by atoms with E-state index >= 15 is 0 Å². The minimum absolute atomic E-state index is 0.225. The highest BCUT2D eigenvalue weighted by atomic mass is 16.5. The summed E-state index contributed by atoms with van der Waals surface area (Å²) in [6.45, 7) is 7.03. The van der Waals surface area contributed by atoms with E-state index in [0.717, 1.165) is 44.8 Å². The van der Waals surface area contributed by atoms with Gasteiger partial charge in [0.2, 0.25) is 0 Å². The highest BCUT2D eigenvalue weighted by Gasteiger charge is 2.15. The van der Waals surface area contributed by atoms with Gasteiger partial charge in [0.05, 0.1) is 6.61 Å². The SMILES string of the molecule is CCNC(C)CCc1ccc(OC2CCCOC2)cc1. The van der Waals surface area contributed by atoms with Crippen molar-refractivity contribution in [2.45, 2.75) is 51.7 Å². The van der Waals surface area contributed by atoms with Crippen LogP contribution in [0.25, 0.3) is 0 Å². The minimum atomic E-state index is 0.225. The molecule has 0 amide bonds. The van der Waals surface area contributed by atoms with Crippen LogP contribution in [0.15, 0.2) is 24.3 Å². The molecule has 1 aromatic carbocycles. The van der Waals surface area contributed by atoms with E-state index in [4.69, 9.17) is 9.47 Å². The lowest BCUT2D eigenvalue weighted by Gasteiger charge is -2.23. The van der Waals surface area contributed by atoms with Crippen LogP contribution < -0.4 is 10.1 Å². The van der Waals surface area contributed by atoms with Crippen molar-refractivity contribution < 1.29 is 9.47 Å². The van der Waals surface area contributed by atoms with Crippen LogP contribution in [-0.2, 0) is 11.2 Å². The number of benzene rings is 1. The zero-order valence-electron chi connectivity index (χ0n) is 12.7. The maximum Gasteiger partial charge on any atom is 0.122 e. The van der Waals surface area contributed by atoms with Gasteiger partial charge in [-0.05, 0) is 56.8 Å². The third-order valence-corrected chi connectivity index (χ3v) is 3.76. The predicted octanol–water partition coefficient (Wildman–Crippen LogP) is 3.18. The first-order valence-electron chi connectivity index (χ1n) is 7.84. The Kier molecular flexibility index (Phi) is 6.34. The van der Waals surface area contributed by atoms with Crippen molar-refractivity contribution >= 4 is 0 Å². The molecular weight excluding hydrogens is 250 g/mol. The normalized spacial score (nSPS) is 20.6. The number of ether oxygens (including phenoxy) is 2. The molecule has 2 unspecified atom stereocenters. The van der Waals surface area contributed by atoms with E-state index in [1.807, 2.05) is 0 Å². The van der Waals surface area contributed by atoms with Crippen molar-refractivity contribution in [3.8, 4) is 5.75 Å². The number of hydrogen-bond acceptors (Lipinski definition) is 3. The van der Waals surface area contributed by atoms with Crippen LogP contribution in [0.1, 0.15) is 38.7 Å². The second-order valence-electron chi connectivity index (χ2n) is 5.60. The van der Waals surface area contributed by atoms with Crippen molar-refractivity contribution in [3.63, 3.8) is 0 Å². The predicted molar refractivity (Wildman–Crippen MR) is 82.4 cm³/mol. The Labute approximate surface area is 122 Å². The maximum absolute atomic E-state index is 5.94. The molecule has 3 heteroatoms. The van der Waals surface area contributed by atoms with Gasteiger partial charge in [0.15, 0.2) is 0 Å². The van der Waals surface area contributed by atoms with E-state index in [1.165, 1.54) is 12.0 Å². The molecule has 112 valence electrons. The molecule has 3 nitrogen and oxygen atoms in total. The summed E-state index contributed by atoms with van der Waals surface area (Å²) >= 11 is 0. The van der Waals surface area contributed by atoms with Crippen LogP contribution in [0.5, 0.6) is 5.75 Å². The van der Waals surface area contributed by atoms with Gasteiger partial charge >= 0.3 is 0 Å². The molecule has 0 aromatic heterocycles. The molecule has 1 aliphatic heterocycles. The molecule has 1 aromatic rings. The third-order valence-electron chi connectivity index (χ3n) is 3.76. The zero-order chi connectivity index (χ0) is 14.2. The standard InChI is InChI=1S/C17H27NO2/c1-3-18-14(2)6-7-15-8-10-16(11-9-15)20-17-5-4-12-19-13-17/h8-11,14,17-18H,3-7,12-13H2,1-2H3. The molecule has 0 aliphatic carbocycles. The average molecular weight is 277 g/mol. The Hall–Kier alpha value is -1.06. The first-order chi connectivity index (χ1) is 9.78. The lowest BCUT2D eigenvalue weighted by atomic mass is 10.1. The number of rotatable bonds is 7. The van der Waals surface area contributed by atoms with Crippen LogP contribution in [-0.4, -0.2) is 31.9 Å². The Balaban J connectivity index is 1.77. The van der Waals surface area contributed by atoms with Crippen molar-refractivity contribution in [1.82, 2.24) is 5.32 Å². The van der Waals surface area contributed by atoms with Crippen LogP contribution >= 0.6 is 0 Å². The molecule has 0 radical (unpaired) electrons. The summed E-state index contributed by atoms with van der Waals surface area (Å²) < 4.78 is 11.4. The summed E-state index contributed by atoms with van der Waals surface area (Å²) in [5.74, 6) is 0.962. The van der Waals surface area contributed by atoms with E-state index in [0.29, 0.717) is 6.04 Å². The van der Waals surface area contributed by atoms with Crippen LogP contribution in [0.4, 0.5) is 0 Å². The Morgan fingerprint density at radius 1 is 1.35 bits per heavy atom. The van der Waals surface area contributed by atoms with Gasteiger partial charge in [-0.15, -0.1) is 0 Å². The summed E-state index contributed by atoms with van der Waals surface area (Å²) in [6, 6.07) is 9.11. The maximum atomic E-state index is 5.94. The van der Waals surface area contributed by atoms with Crippen molar-refractivity contribution in [2.24, 2.45) is 0 Å². The van der Waals surface area contributed by atoms with Gasteiger partial charge in [-0.3, -0.25) is 0 Å². The molecule has 1 N–H and O–H groups in total. The molecule has 20 heavy (non-hydrogen) atoms. The van der Waals surface area contributed by atoms with Crippen molar-refractivity contribution in [2.75, 3.05) is 19.8 Å². The van der Waals surface area contributed by atoms with Gasteiger partial charge in [0.1, 0.15) is 11.9 Å². The average Bonchev–Trinajstić information content (AvgIpc) is 2.48. The second-order valence-corrected chi connectivity index (χ2v) is 5.60. The molecule has 1 aliphatic rings. The third kappa shape index (κ3) is 5.14. The summed E-state index contributed by atoms with van der Waals surface area (Å²) in [7, 11) is 0. The van der Waals surface area contributed by atoms with E-state index in [9.17, 15) is 0 Å². The van der Waals surface area contributed by atoms with Gasteiger partial charge in [-0.25, -0.2) is 0 Å². The van der Waals surface area contributed by atoms with E-state index in [1.54, 1.807) is 0 Å². The fourth-order valence-electron chi connectivity index (χ4n) is 2.56. The molecule has 2 rings (SSSR count). The van der Waals surface area contributed by atoms with E-state index < -0.39 is 0 Å². The second kappa shape index (κ2) is 8.28. The fraction of sp³-hybridized carbons (Fsp3) is 0.647. The van der Waals surface area contributed by atoms with Crippen molar-refractivity contribution in [3.05, 3.63) is 29.8 Å². The van der Waals surface area contributed by atoms with Gasteiger partial charge in [0, 0.05) is 12.6 Å². The van der Waals surface area contributed by atoms with E-state index in [-0.39, 0.29) is 6.10 Å². The van der Waals surface area contributed by atoms with Gasteiger partial charge in [-0.2, -0.15) is 0 Å². The summed E-state index contributed by atoms with van der Waals surface area (Å²) in [5.41, 5.74) is 1.38. The largest absolute Gasteiger partial charge is 0.488 e. The quantitative estimate of drug-likeness (QED) is 0.830. The molecule has 1 saturated heterocycles. The van der Waals surface area contributed by atoms with Crippen LogP contribution in [0, 0.1) is 0 Å². The van der Waals surface area contributed by atoms with Gasteiger partial charge in [0.25, 0.3) is 0 Å². The number of aryl methyl sites for hydroxylation is 1.